The second-order valence-corrected chi connectivity index (χ2v) is 8.41. The van der Waals surface area contributed by atoms with Crippen LogP contribution in [0.4, 0.5) is 0 Å². The van der Waals surface area contributed by atoms with Gasteiger partial charge in [0.1, 0.15) is 0 Å². The van der Waals surface area contributed by atoms with E-state index in [1.165, 1.54) is 24.6 Å². The van der Waals surface area contributed by atoms with Gasteiger partial charge >= 0.3 is 0 Å². The summed E-state index contributed by atoms with van der Waals surface area (Å²) in [6.07, 6.45) is 6.64. The zero-order chi connectivity index (χ0) is 19.3. The molecule has 1 aliphatic carbocycles. The van der Waals surface area contributed by atoms with Gasteiger partial charge in [-0.15, -0.1) is 16.8 Å². The summed E-state index contributed by atoms with van der Waals surface area (Å²) in [4.78, 5) is 15.0. The maximum absolute atomic E-state index is 12.4. The van der Waals surface area contributed by atoms with Gasteiger partial charge in [-0.1, -0.05) is 48.2 Å². The Morgan fingerprint density at radius 1 is 1.18 bits per heavy atom. The fraction of sp³-hybridized carbons (Fsp3) is 0.476. The van der Waals surface area contributed by atoms with E-state index in [9.17, 15) is 4.79 Å². The highest BCUT2D eigenvalue weighted by molar-refractivity contribution is 7.99. The number of carbonyl (C=O) groups is 1. The minimum Gasteiger partial charge on any atom is -0.353 e. The molecule has 1 aromatic carbocycles. The summed E-state index contributed by atoms with van der Waals surface area (Å²) in [5.74, 6) is 1.23. The van der Waals surface area contributed by atoms with Crippen molar-refractivity contribution in [1.29, 1.82) is 0 Å². The number of likely N-dealkylation sites (tertiary alicyclic amines) is 1. The van der Waals surface area contributed by atoms with Gasteiger partial charge in [-0.25, -0.2) is 0 Å². The topological polar surface area (TPSA) is 63.1 Å². The first-order valence-corrected chi connectivity index (χ1v) is 11.0. The molecule has 2 heterocycles. The highest BCUT2D eigenvalue weighted by atomic mass is 32.2. The molecule has 1 amide bonds. The average Bonchev–Trinajstić information content (AvgIpc) is 3.50. The first kappa shape index (κ1) is 19.2. The molecule has 2 aliphatic rings. The van der Waals surface area contributed by atoms with E-state index in [2.05, 4.69) is 27.0 Å². The van der Waals surface area contributed by atoms with Crippen LogP contribution in [0.15, 0.2) is 48.1 Å². The monoisotopic (exact) mass is 397 g/mol. The molecule has 28 heavy (non-hydrogen) atoms. The van der Waals surface area contributed by atoms with E-state index in [0.717, 1.165) is 48.5 Å². The van der Waals surface area contributed by atoms with E-state index in [0.29, 0.717) is 18.3 Å². The summed E-state index contributed by atoms with van der Waals surface area (Å²) >= 11 is 1.43. The van der Waals surface area contributed by atoms with Gasteiger partial charge < -0.3 is 10.2 Å². The van der Waals surface area contributed by atoms with Gasteiger partial charge in [0.25, 0.3) is 0 Å². The largest absolute Gasteiger partial charge is 0.353 e. The van der Waals surface area contributed by atoms with Crippen LogP contribution in [0.5, 0.6) is 0 Å². The number of carbonyl (C=O) groups excluding carboxylic acids is 1. The van der Waals surface area contributed by atoms with Crippen LogP contribution in [0.25, 0.3) is 11.4 Å². The van der Waals surface area contributed by atoms with Crippen LogP contribution in [0.3, 0.4) is 0 Å². The lowest BCUT2D eigenvalue weighted by molar-refractivity contribution is -0.119. The van der Waals surface area contributed by atoms with Crippen LogP contribution < -0.4 is 5.32 Å². The number of piperidine rings is 1. The van der Waals surface area contributed by atoms with E-state index in [1.807, 2.05) is 41.0 Å². The molecule has 0 atom stereocenters. The standard InChI is InChI=1S/C21H27N5OS/c1-2-12-26-20(16-6-4-3-5-7-16)23-24-21(26)28-15-19(27)22-17-10-13-25(14-11-17)18-8-9-18/h2-7,17-18H,1,8-15H2,(H,22,27). The molecule has 0 spiro atoms. The number of nitrogens with zero attached hydrogens (tertiary/aromatic N) is 4. The SMILES string of the molecule is C=CCn1c(SCC(=O)NC2CCN(C3CC3)CC2)nnc1-c1ccccc1. The van der Waals surface area contributed by atoms with Crippen molar-refractivity contribution in [2.24, 2.45) is 0 Å². The number of hydrogen-bond acceptors (Lipinski definition) is 5. The molecular formula is C21H27N5OS. The Balaban J connectivity index is 1.32. The Morgan fingerprint density at radius 3 is 2.61 bits per heavy atom. The second kappa shape index (κ2) is 8.92. The Kier molecular flexibility index (Phi) is 6.12. The number of amides is 1. The third-order valence-electron chi connectivity index (χ3n) is 5.35. The fourth-order valence-corrected chi connectivity index (χ4v) is 4.50. The van der Waals surface area contributed by atoms with E-state index in [4.69, 9.17) is 0 Å². The van der Waals surface area contributed by atoms with Crippen molar-refractivity contribution < 1.29 is 4.79 Å². The molecule has 7 heteroatoms. The molecule has 0 unspecified atom stereocenters. The molecule has 0 bridgehead atoms. The predicted molar refractivity (Wildman–Crippen MR) is 112 cm³/mol. The normalized spacial score (nSPS) is 18.1. The molecule has 4 rings (SSSR count). The maximum Gasteiger partial charge on any atom is 0.230 e. The van der Waals surface area contributed by atoms with Gasteiger partial charge in [0, 0.05) is 37.3 Å². The highest BCUT2D eigenvalue weighted by Crippen LogP contribution is 2.29. The molecule has 148 valence electrons. The van der Waals surface area contributed by atoms with Gasteiger partial charge in [-0.05, 0) is 25.7 Å². The number of hydrogen-bond donors (Lipinski definition) is 1. The van der Waals surface area contributed by atoms with Crippen LogP contribution in [-0.2, 0) is 11.3 Å². The van der Waals surface area contributed by atoms with Crippen LogP contribution in [0.1, 0.15) is 25.7 Å². The quantitative estimate of drug-likeness (QED) is 0.548. The summed E-state index contributed by atoms with van der Waals surface area (Å²) < 4.78 is 2.01. The Labute approximate surface area is 170 Å². The smallest absolute Gasteiger partial charge is 0.230 e. The fourth-order valence-electron chi connectivity index (χ4n) is 3.74. The zero-order valence-electron chi connectivity index (χ0n) is 16.1. The maximum atomic E-state index is 12.4. The van der Waals surface area contributed by atoms with Crippen molar-refractivity contribution in [2.45, 2.75) is 49.5 Å². The number of benzene rings is 1. The molecule has 1 saturated carbocycles. The van der Waals surface area contributed by atoms with E-state index < -0.39 is 0 Å². The van der Waals surface area contributed by atoms with Crippen molar-refractivity contribution >= 4 is 17.7 Å². The summed E-state index contributed by atoms with van der Waals surface area (Å²) in [5, 5.41) is 12.6. The van der Waals surface area contributed by atoms with Crippen molar-refractivity contribution in [3.05, 3.63) is 43.0 Å². The van der Waals surface area contributed by atoms with E-state index >= 15 is 0 Å². The minimum absolute atomic E-state index is 0.0734. The second-order valence-electron chi connectivity index (χ2n) is 7.47. The third kappa shape index (κ3) is 4.64. The summed E-state index contributed by atoms with van der Waals surface area (Å²) in [5.41, 5.74) is 1.01. The van der Waals surface area contributed by atoms with E-state index in [-0.39, 0.29) is 5.91 Å². The molecule has 1 saturated heterocycles. The third-order valence-corrected chi connectivity index (χ3v) is 6.32. The van der Waals surface area contributed by atoms with Crippen LogP contribution in [0, 0.1) is 0 Å². The molecule has 1 N–H and O–H groups in total. The Bertz CT molecular complexity index is 809. The highest BCUT2D eigenvalue weighted by Gasteiger charge is 2.32. The van der Waals surface area contributed by atoms with Crippen LogP contribution >= 0.6 is 11.8 Å². The molecule has 2 aromatic rings. The zero-order valence-corrected chi connectivity index (χ0v) is 16.9. The van der Waals surface area contributed by atoms with Crippen molar-refractivity contribution in [3.63, 3.8) is 0 Å². The molecule has 2 fully saturated rings. The first-order chi connectivity index (χ1) is 13.7. The molecule has 0 radical (unpaired) electrons. The number of allylic oxidation sites excluding steroid dienone is 1. The first-order valence-electron chi connectivity index (χ1n) is 10.0. The summed E-state index contributed by atoms with van der Waals surface area (Å²) in [6, 6.07) is 11.1. The molecule has 1 aromatic heterocycles. The summed E-state index contributed by atoms with van der Waals surface area (Å²) in [7, 11) is 0. The number of thioether (sulfide) groups is 1. The summed E-state index contributed by atoms with van der Waals surface area (Å²) in [6.45, 7) is 6.67. The van der Waals surface area contributed by atoms with Gasteiger partial charge in [-0.3, -0.25) is 9.36 Å². The predicted octanol–water partition coefficient (Wildman–Crippen LogP) is 2.97. The molecule has 1 aliphatic heterocycles. The minimum atomic E-state index is 0.0734. The van der Waals surface area contributed by atoms with Crippen LogP contribution in [0.2, 0.25) is 0 Å². The number of rotatable bonds is 8. The average molecular weight is 398 g/mol. The van der Waals surface area contributed by atoms with E-state index in [1.54, 1.807) is 0 Å². The van der Waals surface area contributed by atoms with Gasteiger partial charge in [0.2, 0.25) is 5.91 Å². The molecular weight excluding hydrogens is 370 g/mol. The lowest BCUT2D eigenvalue weighted by Gasteiger charge is -2.32. The Morgan fingerprint density at radius 2 is 1.93 bits per heavy atom. The number of aromatic nitrogens is 3. The lowest BCUT2D eigenvalue weighted by atomic mass is 10.1. The molecule has 6 nitrogen and oxygen atoms in total. The number of nitrogens with one attached hydrogen (secondary N) is 1. The van der Waals surface area contributed by atoms with Crippen LogP contribution in [-0.4, -0.2) is 56.5 Å². The van der Waals surface area contributed by atoms with Crippen molar-refractivity contribution in [3.8, 4) is 11.4 Å². The van der Waals surface area contributed by atoms with Crippen molar-refractivity contribution in [1.82, 2.24) is 25.0 Å². The Hall–Kier alpha value is -2.12. The van der Waals surface area contributed by atoms with Gasteiger partial charge in [0.05, 0.1) is 5.75 Å². The van der Waals surface area contributed by atoms with Gasteiger partial charge in [0.15, 0.2) is 11.0 Å². The van der Waals surface area contributed by atoms with Gasteiger partial charge in [-0.2, -0.15) is 0 Å². The lowest BCUT2D eigenvalue weighted by Crippen LogP contribution is -2.45. The van der Waals surface area contributed by atoms with Crippen molar-refractivity contribution in [2.75, 3.05) is 18.8 Å².